The SMILES string of the molecule is C=C1Nc2cccc(C)c2C1C(C)C. The Hall–Kier alpha value is -1.24. The molecule has 0 fully saturated rings. The zero-order chi connectivity index (χ0) is 10.3. The summed E-state index contributed by atoms with van der Waals surface area (Å²) in [7, 11) is 0. The maximum atomic E-state index is 4.10. The van der Waals surface area contributed by atoms with Crippen LogP contribution >= 0.6 is 0 Å². The predicted octanol–water partition coefficient (Wildman–Crippen LogP) is 3.67. The Kier molecular flexibility index (Phi) is 2.10. The fourth-order valence-electron chi connectivity index (χ4n) is 2.36. The Balaban J connectivity index is 2.55. The van der Waals surface area contributed by atoms with Gasteiger partial charge in [0.15, 0.2) is 0 Å². The summed E-state index contributed by atoms with van der Waals surface area (Å²) in [6.07, 6.45) is 0. The first-order valence-electron chi connectivity index (χ1n) is 5.16. The number of allylic oxidation sites excluding steroid dienone is 1. The minimum Gasteiger partial charge on any atom is -0.359 e. The molecule has 14 heavy (non-hydrogen) atoms. The molecule has 2 rings (SSSR count). The van der Waals surface area contributed by atoms with Crippen molar-refractivity contribution in [1.82, 2.24) is 0 Å². The molecule has 74 valence electrons. The minimum absolute atomic E-state index is 0.478. The third kappa shape index (κ3) is 1.24. The molecule has 1 aromatic rings. The van der Waals surface area contributed by atoms with Gasteiger partial charge >= 0.3 is 0 Å². The number of hydrogen-bond acceptors (Lipinski definition) is 1. The molecule has 1 heterocycles. The van der Waals surface area contributed by atoms with Gasteiger partial charge in [0.25, 0.3) is 0 Å². The molecule has 1 nitrogen and oxygen atoms in total. The summed E-state index contributed by atoms with van der Waals surface area (Å²) in [5, 5.41) is 3.38. The van der Waals surface area contributed by atoms with Gasteiger partial charge in [-0.25, -0.2) is 0 Å². The second kappa shape index (κ2) is 3.16. The third-order valence-corrected chi connectivity index (χ3v) is 2.97. The molecule has 0 saturated carbocycles. The monoisotopic (exact) mass is 187 g/mol. The quantitative estimate of drug-likeness (QED) is 0.707. The third-order valence-electron chi connectivity index (χ3n) is 2.97. The van der Waals surface area contributed by atoms with Crippen molar-refractivity contribution >= 4 is 5.69 Å². The Labute approximate surface area is 85.8 Å². The largest absolute Gasteiger partial charge is 0.359 e. The highest BCUT2D eigenvalue weighted by atomic mass is 14.9. The molecule has 1 aromatic carbocycles. The van der Waals surface area contributed by atoms with Gasteiger partial charge in [0.1, 0.15) is 0 Å². The van der Waals surface area contributed by atoms with E-state index in [1.165, 1.54) is 16.8 Å². The van der Waals surface area contributed by atoms with Gasteiger partial charge in [0, 0.05) is 17.3 Å². The number of aryl methyl sites for hydroxylation is 1. The fraction of sp³-hybridized carbons (Fsp3) is 0.385. The molecular formula is C13H17N. The first kappa shape index (κ1) is 9.32. The lowest BCUT2D eigenvalue weighted by Gasteiger charge is -2.17. The van der Waals surface area contributed by atoms with E-state index in [-0.39, 0.29) is 0 Å². The van der Waals surface area contributed by atoms with Crippen molar-refractivity contribution in [1.29, 1.82) is 0 Å². The van der Waals surface area contributed by atoms with E-state index in [2.05, 4.69) is 50.9 Å². The van der Waals surface area contributed by atoms with Gasteiger partial charge in [-0.05, 0) is 30.0 Å². The summed E-state index contributed by atoms with van der Waals surface area (Å²) in [5.41, 5.74) is 5.19. The highest BCUT2D eigenvalue weighted by molar-refractivity contribution is 5.67. The molecule has 1 N–H and O–H groups in total. The summed E-state index contributed by atoms with van der Waals surface area (Å²) in [6.45, 7) is 10.8. The van der Waals surface area contributed by atoms with E-state index in [0.717, 1.165) is 5.70 Å². The molecule has 0 spiro atoms. The van der Waals surface area contributed by atoms with Crippen LogP contribution in [0.5, 0.6) is 0 Å². The van der Waals surface area contributed by atoms with Crippen LogP contribution < -0.4 is 5.32 Å². The van der Waals surface area contributed by atoms with Gasteiger partial charge in [0.2, 0.25) is 0 Å². The zero-order valence-electron chi connectivity index (χ0n) is 9.09. The van der Waals surface area contributed by atoms with Gasteiger partial charge in [-0.2, -0.15) is 0 Å². The van der Waals surface area contributed by atoms with Crippen LogP contribution in [0, 0.1) is 12.8 Å². The number of nitrogens with one attached hydrogen (secondary N) is 1. The van der Waals surface area contributed by atoms with Gasteiger partial charge < -0.3 is 5.32 Å². The summed E-state index contributed by atoms with van der Waals surface area (Å²) in [4.78, 5) is 0. The van der Waals surface area contributed by atoms with E-state index >= 15 is 0 Å². The second-order valence-corrected chi connectivity index (χ2v) is 4.41. The average Bonchev–Trinajstić information content (AvgIpc) is 2.42. The van der Waals surface area contributed by atoms with E-state index in [0.29, 0.717) is 11.8 Å². The van der Waals surface area contributed by atoms with Crippen molar-refractivity contribution in [3.8, 4) is 0 Å². The number of rotatable bonds is 1. The van der Waals surface area contributed by atoms with Crippen LogP contribution in [0.4, 0.5) is 5.69 Å². The van der Waals surface area contributed by atoms with Gasteiger partial charge in [-0.3, -0.25) is 0 Å². The molecule has 1 heteroatoms. The van der Waals surface area contributed by atoms with E-state index in [1.54, 1.807) is 0 Å². The standard InChI is InChI=1S/C13H17N/c1-8(2)12-10(4)14-11-7-5-6-9(3)13(11)12/h5-8,12,14H,4H2,1-3H3. The molecular weight excluding hydrogens is 170 g/mol. The molecule has 0 aromatic heterocycles. The van der Waals surface area contributed by atoms with E-state index in [4.69, 9.17) is 0 Å². The summed E-state index contributed by atoms with van der Waals surface area (Å²) < 4.78 is 0. The summed E-state index contributed by atoms with van der Waals surface area (Å²) in [5.74, 6) is 1.09. The Morgan fingerprint density at radius 1 is 1.36 bits per heavy atom. The van der Waals surface area contributed by atoms with Crippen LogP contribution in [0.25, 0.3) is 0 Å². The van der Waals surface area contributed by atoms with Crippen molar-refractivity contribution in [3.05, 3.63) is 41.6 Å². The van der Waals surface area contributed by atoms with E-state index in [9.17, 15) is 0 Å². The first-order valence-corrected chi connectivity index (χ1v) is 5.16. The van der Waals surface area contributed by atoms with Crippen molar-refractivity contribution in [2.45, 2.75) is 26.7 Å². The van der Waals surface area contributed by atoms with Gasteiger partial charge in [0.05, 0.1) is 0 Å². The van der Waals surface area contributed by atoms with Crippen LogP contribution in [0.2, 0.25) is 0 Å². The maximum absolute atomic E-state index is 4.10. The zero-order valence-corrected chi connectivity index (χ0v) is 9.09. The maximum Gasteiger partial charge on any atom is 0.0423 e. The van der Waals surface area contributed by atoms with Crippen LogP contribution in [0.1, 0.15) is 30.9 Å². The van der Waals surface area contributed by atoms with E-state index in [1.807, 2.05) is 0 Å². The lowest BCUT2D eigenvalue weighted by atomic mass is 9.86. The number of fused-ring (bicyclic) bond motifs is 1. The number of benzene rings is 1. The average molecular weight is 187 g/mol. The highest BCUT2D eigenvalue weighted by Gasteiger charge is 2.29. The van der Waals surface area contributed by atoms with Gasteiger partial charge in [-0.15, -0.1) is 0 Å². The second-order valence-electron chi connectivity index (χ2n) is 4.41. The molecule has 1 aliphatic heterocycles. The van der Waals surface area contributed by atoms with Crippen LogP contribution in [0.3, 0.4) is 0 Å². The van der Waals surface area contributed by atoms with Crippen molar-refractivity contribution in [2.75, 3.05) is 5.32 Å². The molecule has 1 unspecified atom stereocenters. The van der Waals surface area contributed by atoms with Crippen LogP contribution in [-0.2, 0) is 0 Å². The van der Waals surface area contributed by atoms with Crippen molar-refractivity contribution in [2.24, 2.45) is 5.92 Å². The Morgan fingerprint density at radius 3 is 2.71 bits per heavy atom. The lowest BCUT2D eigenvalue weighted by molar-refractivity contribution is 0.569. The summed E-state index contributed by atoms with van der Waals surface area (Å²) >= 11 is 0. The summed E-state index contributed by atoms with van der Waals surface area (Å²) in [6, 6.07) is 6.40. The molecule has 1 atom stereocenters. The van der Waals surface area contributed by atoms with Crippen LogP contribution in [0.15, 0.2) is 30.5 Å². The van der Waals surface area contributed by atoms with Crippen LogP contribution in [-0.4, -0.2) is 0 Å². The topological polar surface area (TPSA) is 12.0 Å². The molecule has 0 amide bonds. The molecule has 0 radical (unpaired) electrons. The fourth-order valence-corrected chi connectivity index (χ4v) is 2.36. The van der Waals surface area contributed by atoms with Crippen molar-refractivity contribution in [3.63, 3.8) is 0 Å². The lowest BCUT2D eigenvalue weighted by Crippen LogP contribution is -2.06. The Bertz CT molecular complexity index is 377. The molecule has 0 aliphatic carbocycles. The minimum atomic E-state index is 0.478. The first-order chi connectivity index (χ1) is 6.61. The number of hydrogen-bond donors (Lipinski definition) is 1. The normalized spacial score (nSPS) is 19.7. The van der Waals surface area contributed by atoms with Gasteiger partial charge in [-0.1, -0.05) is 32.6 Å². The predicted molar refractivity (Wildman–Crippen MR) is 61.5 cm³/mol. The number of anilines is 1. The molecule has 0 saturated heterocycles. The van der Waals surface area contributed by atoms with E-state index < -0.39 is 0 Å². The molecule has 0 bridgehead atoms. The Morgan fingerprint density at radius 2 is 2.07 bits per heavy atom. The molecule has 1 aliphatic rings. The highest BCUT2D eigenvalue weighted by Crippen LogP contribution is 2.43. The smallest absolute Gasteiger partial charge is 0.0423 e. The van der Waals surface area contributed by atoms with Crippen molar-refractivity contribution < 1.29 is 0 Å².